The monoisotopic (exact) mass is 524 g/mol. The number of hydrogen-bond acceptors (Lipinski definition) is 6. The van der Waals surface area contributed by atoms with E-state index in [0.717, 1.165) is 26.8 Å². The van der Waals surface area contributed by atoms with E-state index in [4.69, 9.17) is 22.3 Å². The molecule has 0 bridgehead atoms. The summed E-state index contributed by atoms with van der Waals surface area (Å²) in [4.78, 5) is 30.6. The molecule has 2 amide bonds. The van der Waals surface area contributed by atoms with Gasteiger partial charge in [-0.25, -0.2) is 24.1 Å². The van der Waals surface area contributed by atoms with Gasteiger partial charge in [0, 0.05) is 35.9 Å². The van der Waals surface area contributed by atoms with Crippen molar-refractivity contribution in [3.8, 4) is 21.8 Å². The molecule has 0 atom stereocenters. The lowest BCUT2D eigenvalue weighted by atomic mass is 9.98. The lowest BCUT2D eigenvalue weighted by molar-refractivity contribution is 0.232. The molecule has 1 aromatic carbocycles. The Morgan fingerprint density at radius 2 is 2.00 bits per heavy atom. The summed E-state index contributed by atoms with van der Waals surface area (Å²) in [7, 11) is 0. The van der Waals surface area contributed by atoms with E-state index >= 15 is 0 Å². The quantitative estimate of drug-likeness (QED) is 0.371. The number of nitrogens with two attached hydrogens (primary N) is 1. The van der Waals surface area contributed by atoms with Gasteiger partial charge in [-0.3, -0.25) is 9.80 Å². The normalized spacial score (nSPS) is 14.8. The van der Waals surface area contributed by atoms with Gasteiger partial charge in [0.05, 0.1) is 21.3 Å². The maximum Gasteiger partial charge on any atom is 0.329 e. The molecule has 3 heterocycles. The fourth-order valence-corrected chi connectivity index (χ4v) is 5.03. The van der Waals surface area contributed by atoms with Crippen LogP contribution in [0, 0.1) is 0 Å². The molecule has 1 saturated heterocycles. The number of hydrogen-bond donors (Lipinski definition) is 1. The number of carbonyl (C=O) groups is 1. The molecule has 0 saturated carbocycles. The second-order valence-corrected chi connectivity index (χ2v) is 10.4. The summed E-state index contributed by atoms with van der Waals surface area (Å²) in [5, 5.41) is 0.955. The summed E-state index contributed by atoms with van der Waals surface area (Å²) < 4.78 is 13.1. The Balaban J connectivity index is 1.71. The summed E-state index contributed by atoms with van der Waals surface area (Å²) in [5.41, 5.74) is 10.3. The zero-order valence-corrected chi connectivity index (χ0v) is 21.8. The Kier molecular flexibility index (Phi) is 7.23. The predicted molar refractivity (Wildman–Crippen MR) is 144 cm³/mol. The van der Waals surface area contributed by atoms with Gasteiger partial charge in [0.15, 0.2) is 0 Å². The molecule has 36 heavy (non-hydrogen) atoms. The molecular formula is C26H26ClFN6OS. The lowest BCUT2D eigenvalue weighted by Gasteiger charge is -2.19. The molecule has 7 nitrogen and oxygen atoms in total. The van der Waals surface area contributed by atoms with Gasteiger partial charge >= 0.3 is 6.03 Å². The van der Waals surface area contributed by atoms with Crippen molar-refractivity contribution in [3.05, 3.63) is 77.3 Å². The Bertz CT molecular complexity index is 1380. The molecule has 2 aromatic heterocycles. The molecular weight excluding hydrogens is 499 g/mol. The number of anilines is 2. The predicted octanol–water partition coefficient (Wildman–Crippen LogP) is 6.51. The van der Waals surface area contributed by atoms with Crippen LogP contribution < -0.4 is 10.6 Å². The Hall–Kier alpha value is -3.56. The van der Waals surface area contributed by atoms with Crippen molar-refractivity contribution < 1.29 is 9.18 Å². The topological polar surface area (TPSA) is 88.2 Å². The van der Waals surface area contributed by atoms with Gasteiger partial charge in [0.1, 0.15) is 11.5 Å². The van der Waals surface area contributed by atoms with Crippen molar-refractivity contribution in [2.45, 2.75) is 26.2 Å². The highest BCUT2D eigenvalue weighted by molar-refractivity contribution is 7.15. The molecule has 1 aliphatic heterocycles. The molecule has 0 aliphatic carbocycles. The highest BCUT2D eigenvalue weighted by Crippen LogP contribution is 2.41. The SMILES string of the molecule is C=C(F)/C=C\C(=C\Cl)N1CCN(c2cccc(-c3sc(C(C)(C)C)nc3-c3ccnc(N)n3)c2)C1=O. The van der Waals surface area contributed by atoms with E-state index < -0.39 is 5.83 Å². The Morgan fingerprint density at radius 3 is 2.67 bits per heavy atom. The van der Waals surface area contributed by atoms with Crippen LogP contribution in [0.15, 0.2) is 72.3 Å². The summed E-state index contributed by atoms with van der Waals surface area (Å²) in [6.07, 6.45) is 4.21. The van der Waals surface area contributed by atoms with Crippen LogP contribution in [0.3, 0.4) is 0 Å². The van der Waals surface area contributed by atoms with E-state index in [1.807, 2.05) is 24.3 Å². The van der Waals surface area contributed by atoms with Gasteiger partial charge in [-0.1, -0.05) is 51.1 Å². The van der Waals surface area contributed by atoms with Gasteiger partial charge in [-0.15, -0.1) is 11.3 Å². The Labute approximate surface area is 218 Å². The van der Waals surface area contributed by atoms with Crippen LogP contribution in [0.5, 0.6) is 0 Å². The fraction of sp³-hybridized carbons (Fsp3) is 0.231. The summed E-state index contributed by atoms with van der Waals surface area (Å²) in [6, 6.07) is 9.25. The molecule has 0 unspecified atom stereocenters. The number of nitrogen functional groups attached to an aromatic ring is 1. The smallest absolute Gasteiger partial charge is 0.329 e. The van der Waals surface area contributed by atoms with E-state index in [9.17, 15) is 9.18 Å². The molecule has 3 aromatic rings. The lowest BCUT2D eigenvalue weighted by Crippen LogP contribution is -2.30. The number of aromatic nitrogens is 3. The molecule has 4 rings (SSSR count). The van der Waals surface area contributed by atoms with Crippen LogP contribution in [-0.4, -0.2) is 39.0 Å². The van der Waals surface area contributed by atoms with Crippen LogP contribution in [0.1, 0.15) is 25.8 Å². The van der Waals surface area contributed by atoms with Crippen LogP contribution in [0.2, 0.25) is 0 Å². The first-order valence-electron chi connectivity index (χ1n) is 11.2. The van der Waals surface area contributed by atoms with Gasteiger partial charge in [-0.05, 0) is 35.9 Å². The summed E-state index contributed by atoms with van der Waals surface area (Å²) in [6.45, 7) is 10.4. The largest absolute Gasteiger partial charge is 0.368 e. The number of amides is 2. The van der Waals surface area contributed by atoms with Crippen LogP contribution in [0.4, 0.5) is 20.8 Å². The van der Waals surface area contributed by atoms with Crippen molar-refractivity contribution in [1.82, 2.24) is 19.9 Å². The highest BCUT2D eigenvalue weighted by atomic mass is 35.5. The second-order valence-electron chi connectivity index (χ2n) is 9.20. The number of rotatable bonds is 6. The average Bonchev–Trinajstić information content (AvgIpc) is 3.44. The maximum atomic E-state index is 13.2. The average molecular weight is 525 g/mol. The second kappa shape index (κ2) is 10.2. The third-order valence-corrected chi connectivity index (χ3v) is 7.23. The molecule has 10 heteroatoms. The molecule has 0 spiro atoms. The number of allylic oxidation sites excluding steroid dienone is 3. The first-order chi connectivity index (χ1) is 17.1. The minimum absolute atomic E-state index is 0.165. The van der Waals surface area contributed by atoms with Crippen LogP contribution >= 0.6 is 22.9 Å². The first-order valence-corrected chi connectivity index (χ1v) is 12.5. The molecule has 0 radical (unpaired) electrons. The van der Waals surface area contributed by atoms with Gasteiger partial charge in [0.2, 0.25) is 5.95 Å². The number of nitrogens with zero attached hydrogens (tertiary/aromatic N) is 5. The first kappa shape index (κ1) is 25.5. The summed E-state index contributed by atoms with van der Waals surface area (Å²) >= 11 is 7.50. The fourth-order valence-electron chi connectivity index (χ4n) is 3.71. The van der Waals surface area contributed by atoms with E-state index in [1.54, 1.807) is 28.5 Å². The third-order valence-electron chi connectivity index (χ3n) is 5.47. The van der Waals surface area contributed by atoms with Gasteiger partial charge in [0.25, 0.3) is 0 Å². The molecule has 2 N–H and O–H groups in total. The van der Waals surface area contributed by atoms with Crippen molar-refractivity contribution >= 4 is 40.6 Å². The van der Waals surface area contributed by atoms with Crippen LogP contribution in [-0.2, 0) is 5.41 Å². The molecule has 1 aliphatic rings. The third kappa shape index (κ3) is 5.32. The Morgan fingerprint density at radius 1 is 1.22 bits per heavy atom. The van der Waals surface area contributed by atoms with Crippen molar-refractivity contribution in [2.75, 3.05) is 23.7 Å². The van der Waals surface area contributed by atoms with Gasteiger partial charge < -0.3 is 5.73 Å². The molecule has 1 fully saturated rings. The number of urea groups is 1. The zero-order valence-electron chi connectivity index (χ0n) is 20.2. The van der Waals surface area contributed by atoms with Crippen molar-refractivity contribution in [3.63, 3.8) is 0 Å². The maximum absolute atomic E-state index is 13.2. The van der Waals surface area contributed by atoms with Crippen molar-refractivity contribution in [2.24, 2.45) is 0 Å². The number of carbonyl (C=O) groups excluding carboxylic acids is 1. The van der Waals surface area contributed by atoms with Crippen LogP contribution in [0.25, 0.3) is 21.8 Å². The number of benzene rings is 1. The van der Waals surface area contributed by atoms with E-state index in [1.165, 1.54) is 22.6 Å². The zero-order chi connectivity index (χ0) is 26.0. The number of halogens is 2. The standard InChI is InChI=1S/C26H26ClFN6OS/c1-16(28)8-9-19(15-27)34-13-12-33(25(34)35)18-7-5-6-17(14-18)22-21(20-10-11-30-24(29)31-20)32-23(36-22)26(2,3)4/h5-11,14-15H,1,12-13H2,2-4H3,(H2,29,30,31)/b9-8-,19-15-. The highest BCUT2D eigenvalue weighted by Gasteiger charge is 2.32. The van der Waals surface area contributed by atoms with Crippen molar-refractivity contribution in [1.29, 1.82) is 0 Å². The molecule has 186 valence electrons. The van der Waals surface area contributed by atoms with E-state index in [-0.39, 0.29) is 17.4 Å². The van der Waals surface area contributed by atoms with Gasteiger partial charge in [-0.2, -0.15) is 0 Å². The number of thiazole rings is 1. The van der Waals surface area contributed by atoms with E-state index in [0.29, 0.717) is 24.5 Å². The minimum Gasteiger partial charge on any atom is -0.368 e. The summed E-state index contributed by atoms with van der Waals surface area (Å²) in [5.74, 6) is -0.448. The minimum atomic E-state index is -0.623. The van der Waals surface area contributed by atoms with E-state index in [2.05, 4.69) is 37.3 Å².